The summed E-state index contributed by atoms with van der Waals surface area (Å²) in [6.07, 6.45) is -2.67. The van der Waals surface area contributed by atoms with Gasteiger partial charge in [-0.15, -0.1) is 0 Å². The number of hydrogen-bond acceptors (Lipinski definition) is 7. The van der Waals surface area contributed by atoms with Crippen molar-refractivity contribution >= 4 is 0 Å². The van der Waals surface area contributed by atoms with Crippen LogP contribution in [0.2, 0.25) is 0 Å². The van der Waals surface area contributed by atoms with Crippen molar-refractivity contribution < 1.29 is 23.7 Å². The van der Waals surface area contributed by atoms with Crippen LogP contribution >= 0.6 is 0 Å². The third-order valence-electron chi connectivity index (χ3n) is 2.54. The molecule has 3 saturated heterocycles. The van der Waals surface area contributed by atoms with Gasteiger partial charge in [0.2, 0.25) is 12.8 Å². The molecule has 14 heavy (non-hydrogen) atoms. The highest BCUT2D eigenvalue weighted by atomic mass is 16.9. The smallest absolute Gasteiger partial charge is 0.216 e. The van der Waals surface area contributed by atoms with E-state index in [1.165, 1.54) is 0 Å². The van der Waals surface area contributed by atoms with Gasteiger partial charge in [-0.2, -0.15) is 0 Å². The molecule has 3 fully saturated rings. The van der Waals surface area contributed by atoms with Gasteiger partial charge >= 0.3 is 0 Å². The standard InChI is InChI=1S/C7H12N2O5/c8-6-10-1-2-3(12-6)4-5(11-2)14-7(9)13-4/h2-7H,1,8-9H2. The minimum absolute atomic E-state index is 0.183. The van der Waals surface area contributed by atoms with Crippen molar-refractivity contribution in [1.82, 2.24) is 0 Å². The van der Waals surface area contributed by atoms with Crippen LogP contribution in [0.3, 0.4) is 0 Å². The van der Waals surface area contributed by atoms with E-state index in [1.807, 2.05) is 0 Å². The Morgan fingerprint density at radius 3 is 2.50 bits per heavy atom. The molecule has 0 aromatic heterocycles. The molecule has 80 valence electrons. The van der Waals surface area contributed by atoms with E-state index >= 15 is 0 Å². The van der Waals surface area contributed by atoms with E-state index in [0.29, 0.717) is 6.61 Å². The second kappa shape index (κ2) is 3.11. The summed E-state index contributed by atoms with van der Waals surface area (Å²) in [5, 5.41) is 0. The molecular formula is C7H12N2O5. The largest absolute Gasteiger partial charge is 0.341 e. The van der Waals surface area contributed by atoms with Gasteiger partial charge in [-0.25, -0.2) is 0 Å². The lowest BCUT2D eigenvalue weighted by molar-refractivity contribution is -0.266. The minimum atomic E-state index is -0.742. The number of ether oxygens (including phenoxy) is 5. The van der Waals surface area contributed by atoms with E-state index in [0.717, 1.165) is 0 Å². The van der Waals surface area contributed by atoms with Crippen LogP contribution in [-0.2, 0) is 23.7 Å². The van der Waals surface area contributed by atoms with Crippen LogP contribution in [0, 0.1) is 0 Å². The van der Waals surface area contributed by atoms with Gasteiger partial charge in [-0.3, -0.25) is 11.5 Å². The highest BCUT2D eigenvalue weighted by molar-refractivity contribution is 4.93. The zero-order valence-corrected chi connectivity index (χ0v) is 7.37. The molecule has 3 aliphatic heterocycles. The molecule has 0 bridgehead atoms. The van der Waals surface area contributed by atoms with Crippen LogP contribution in [0.25, 0.3) is 0 Å². The molecule has 3 heterocycles. The number of fused-ring (bicyclic) bond motifs is 3. The predicted molar refractivity (Wildman–Crippen MR) is 41.4 cm³/mol. The fourth-order valence-corrected chi connectivity index (χ4v) is 1.95. The first-order valence-corrected chi connectivity index (χ1v) is 4.48. The highest BCUT2D eigenvalue weighted by Crippen LogP contribution is 2.35. The summed E-state index contributed by atoms with van der Waals surface area (Å²) >= 11 is 0. The fraction of sp³-hybridized carbons (Fsp3) is 1.00. The molecule has 6 atom stereocenters. The molecule has 7 heteroatoms. The summed E-state index contributed by atoms with van der Waals surface area (Å²) in [6.45, 7) is 0.390. The quantitative estimate of drug-likeness (QED) is 0.472. The van der Waals surface area contributed by atoms with E-state index in [1.54, 1.807) is 0 Å². The summed E-state index contributed by atoms with van der Waals surface area (Å²) in [4.78, 5) is 0. The van der Waals surface area contributed by atoms with Crippen LogP contribution in [0.1, 0.15) is 0 Å². The molecule has 0 spiro atoms. The average molecular weight is 204 g/mol. The van der Waals surface area contributed by atoms with Crippen molar-refractivity contribution in [3.63, 3.8) is 0 Å². The zero-order chi connectivity index (χ0) is 9.71. The second-order valence-corrected chi connectivity index (χ2v) is 3.45. The number of hydrogen-bond donors (Lipinski definition) is 2. The third-order valence-corrected chi connectivity index (χ3v) is 2.54. The summed E-state index contributed by atoms with van der Waals surface area (Å²) in [5.41, 5.74) is 10.9. The van der Waals surface area contributed by atoms with Crippen LogP contribution in [0.15, 0.2) is 0 Å². The van der Waals surface area contributed by atoms with Gasteiger partial charge in [0.15, 0.2) is 6.29 Å². The molecule has 0 aromatic rings. The first-order chi connectivity index (χ1) is 6.74. The lowest BCUT2D eigenvalue weighted by Crippen LogP contribution is -2.49. The topological polar surface area (TPSA) is 98.2 Å². The Balaban J connectivity index is 1.75. The maximum Gasteiger partial charge on any atom is 0.216 e. The van der Waals surface area contributed by atoms with Gasteiger partial charge in [0.25, 0.3) is 0 Å². The number of rotatable bonds is 0. The molecule has 3 aliphatic rings. The van der Waals surface area contributed by atoms with Crippen molar-refractivity contribution in [2.75, 3.05) is 6.61 Å². The van der Waals surface area contributed by atoms with Gasteiger partial charge in [-0.1, -0.05) is 0 Å². The summed E-state index contributed by atoms with van der Waals surface area (Å²) in [6, 6.07) is 0. The average Bonchev–Trinajstić information content (AvgIpc) is 2.62. The molecule has 0 amide bonds. The van der Waals surface area contributed by atoms with Gasteiger partial charge in [-0.05, 0) is 0 Å². The van der Waals surface area contributed by atoms with E-state index in [-0.39, 0.29) is 18.3 Å². The van der Waals surface area contributed by atoms with Crippen LogP contribution < -0.4 is 11.5 Å². The van der Waals surface area contributed by atoms with Crippen molar-refractivity contribution in [3.05, 3.63) is 0 Å². The molecule has 7 nitrogen and oxygen atoms in total. The first-order valence-electron chi connectivity index (χ1n) is 4.48. The van der Waals surface area contributed by atoms with Gasteiger partial charge < -0.3 is 23.7 Å². The Hall–Kier alpha value is -0.280. The lowest BCUT2D eigenvalue weighted by atomic mass is 10.1. The molecular weight excluding hydrogens is 192 g/mol. The molecule has 0 aliphatic carbocycles. The Bertz CT molecular complexity index is 240. The molecule has 0 saturated carbocycles. The number of nitrogens with two attached hydrogens (primary N) is 2. The summed E-state index contributed by atoms with van der Waals surface area (Å²) < 4.78 is 26.4. The van der Waals surface area contributed by atoms with E-state index in [9.17, 15) is 0 Å². The highest BCUT2D eigenvalue weighted by Gasteiger charge is 2.54. The van der Waals surface area contributed by atoms with E-state index in [2.05, 4.69) is 0 Å². The van der Waals surface area contributed by atoms with E-state index in [4.69, 9.17) is 35.2 Å². The SMILES string of the molecule is NC1OCC2OC3OC(N)OC3C2O1. The van der Waals surface area contributed by atoms with Crippen molar-refractivity contribution in [1.29, 1.82) is 0 Å². The molecule has 0 aromatic carbocycles. The van der Waals surface area contributed by atoms with Crippen LogP contribution in [-0.4, -0.2) is 44.0 Å². The second-order valence-electron chi connectivity index (χ2n) is 3.45. The van der Waals surface area contributed by atoms with Crippen LogP contribution in [0.4, 0.5) is 0 Å². The van der Waals surface area contributed by atoms with Gasteiger partial charge in [0.1, 0.15) is 18.3 Å². The Morgan fingerprint density at radius 1 is 0.857 bits per heavy atom. The van der Waals surface area contributed by atoms with E-state index < -0.39 is 19.1 Å². The van der Waals surface area contributed by atoms with Gasteiger partial charge in [0, 0.05) is 0 Å². The van der Waals surface area contributed by atoms with Crippen molar-refractivity contribution in [3.8, 4) is 0 Å². The van der Waals surface area contributed by atoms with Gasteiger partial charge in [0.05, 0.1) is 6.61 Å². The predicted octanol–water partition coefficient (Wildman–Crippen LogP) is -1.97. The zero-order valence-electron chi connectivity index (χ0n) is 7.37. The Labute approximate surface area is 80.2 Å². The molecule has 0 radical (unpaired) electrons. The monoisotopic (exact) mass is 204 g/mol. The summed E-state index contributed by atoms with van der Waals surface area (Å²) in [5.74, 6) is 0. The lowest BCUT2D eigenvalue weighted by Gasteiger charge is -2.30. The van der Waals surface area contributed by atoms with Crippen molar-refractivity contribution in [2.24, 2.45) is 11.5 Å². The maximum atomic E-state index is 5.48. The molecule has 3 rings (SSSR count). The molecule has 4 N–H and O–H groups in total. The Kier molecular flexibility index (Phi) is 1.99. The normalized spacial score (nSPS) is 57.0. The minimum Gasteiger partial charge on any atom is -0.341 e. The van der Waals surface area contributed by atoms with Crippen molar-refractivity contribution in [2.45, 2.75) is 37.4 Å². The third kappa shape index (κ3) is 1.26. The summed E-state index contributed by atoms with van der Waals surface area (Å²) in [7, 11) is 0. The Morgan fingerprint density at radius 2 is 1.64 bits per heavy atom. The van der Waals surface area contributed by atoms with Crippen LogP contribution in [0.5, 0.6) is 0 Å². The maximum absolute atomic E-state index is 5.48. The first kappa shape index (κ1) is 8.98. The fourth-order valence-electron chi connectivity index (χ4n) is 1.95. The molecule has 6 unspecified atom stereocenters.